The molecule has 0 radical (unpaired) electrons. The van der Waals surface area contributed by atoms with Gasteiger partial charge in [0.25, 0.3) is 5.91 Å². The molecule has 0 aliphatic carbocycles. The average Bonchev–Trinajstić information content (AvgIpc) is 2.36. The molecule has 20 heavy (non-hydrogen) atoms. The fourth-order valence-electron chi connectivity index (χ4n) is 1.33. The Morgan fingerprint density at radius 1 is 1.35 bits per heavy atom. The Morgan fingerprint density at radius 3 is 2.40 bits per heavy atom. The number of halogens is 3. The highest BCUT2D eigenvalue weighted by atomic mass is 19.4. The highest BCUT2D eigenvalue weighted by Crippen LogP contribution is 2.19. The van der Waals surface area contributed by atoms with E-state index in [4.69, 9.17) is 9.84 Å². The van der Waals surface area contributed by atoms with E-state index in [0.29, 0.717) is 5.75 Å². The second kappa shape index (κ2) is 6.60. The minimum atomic E-state index is -4.76. The van der Waals surface area contributed by atoms with Crippen LogP contribution in [0.2, 0.25) is 0 Å². The summed E-state index contributed by atoms with van der Waals surface area (Å²) in [5.41, 5.74) is 1.02. The van der Waals surface area contributed by atoms with Crippen LogP contribution < -0.4 is 10.1 Å². The van der Waals surface area contributed by atoms with Gasteiger partial charge in [0.15, 0.2) is 12.2 Å². The van der Waals surface area contributed by atoms with E-state index < -0.39 is 30.8 Å². The van der Waals surface area contributed by atoms with Crippen molar-refractivity contribution in [3.05, 3.63) is 29.8 Å². The number of aliphatic hydroxyl groups is 1. The molecular weight excluding hydrogens is 275 g/mol. The monoisotopic (exact) mass is 291 g/mol. The first-order chi connectivity index (χ1) is 9.20. The van der Waals surface area contributed by atoms with Crippen molar-refractivity contribution in [1.29, 1.82) is 0 Å². The van der Waals surface area contributed by atoms with Gasteiger partial charge in [0.1, 0.15) is 5.75 Å². The molecule has 0 aliphatic rings. The van der Waals surface area contributed by atoms with Gasteiger partial charge in [0, 0.05) is 0 Å². The van der Waals surface area contributed by atoms with Gasteiger partial charge < -0.3 is 15.2 Å². The van der Waals surface area contributed by atoms with Gasteiger partial charge in [-0.2, -0.15) is 13.2 Å². The average molecular weight is 291 g/mol. The summed E-state index contributed by atoms with van der Waals surface area (Å²) >= 11 is 0. The molecule has 1 rings (SSSR count). The summed E-state index contributed by atoms with van der Waals surface area (Å²) in [5, 5.41) is 10.7. The molecule has 2 N–H and O–H groups in total. The second-order valence-electron chi connectivity index (χ2n) is 4.38. The van der Waals surface area contributed by atoms with Crippen LogP contribution in [0, 0.1) is 6.92 Å². The minimum absolute atomic E-state index is 0.439. The fraction of sp³-hybridized carbons (Fsp3) is 0.462. The van der Waals surface area contributed by atoms with E-state index in [0.717, 1.165) is 5.56 Å². The third-order valence-corrected chi connectivity index (χ3v) is 2.55. The predicted octanol–water partition coefficient (Wildman–Crippen LogP) is 1.80. The molecule has 0 heterocycles. The lowest BCUT2D eigenvalue weighted by Crippen LogP contribution is -2.44. The summed E-state index contributed by atoms with van der Waals surface area (Å²) in [7, 11) is 0. The number of nitrogens with one attached hydrogen (secondary N) is 1. The largest absolute Gasteiger partial charge is 0.481 e. The standard InChI is InChI=1S/C13H16F3NO3/c1-8-3-5-10(6-4-8)20-9(2)12(19)17-7-11(18)13(14,15)16/h3-6,9,11,18H,7H2,1-2H3,(H,17,19). The fourth-order valence-corrected chi connectivity index (χ4v) is 1.33. The van der Waals surface area contributed by atoms with Gasteiger partial charge in [-0.15, -0.1) is 0 Å². The van der Waals surface area contributed by atoms with Gasteiger partial charge >= 0.3 is 6.18 Å². The van der Waals surface area contributed by atoms with Crippen molar-refractivity contribution in [2.75, 3.05) is 6.54 Å². The lowest BCUT2D eigenvalue weighted by Gasteiger charge is -2.18. The Morgan fingerprint density at radius 2 is 1.90 bits per heavy atom. The first-order valence-corrected chi connectivity index (χ1v) is 5.96. The Balaban J connectivity index is 2.45. The lowest BCUT2D eigenvalue weighted by atomic mass is 10.2. The maximum Gasteiger partial charge on any atom is 0.416 e. The number of alkyl halides is 3. The van der Waals surface area contributed by atoms with E-state index in [9.17, 15) is 18.0 Å². The number of hydrogen-bond donors (Lipinski definition) is 2. The van der Waals surface area contributed by atoms with Crippen molar-refractivity contribution in [2.45, 2.75) is 32.2 Å². The van der Waals surface area contributed by atoms with E-state index >= 15 is 0 Å². The molecule has 0 saturated carbocycles. The smallest absolute Gasteiger partial charge is 0.416 e. The number of carbonyl (C=O) groups excluding carboxylic acids is 1. The van der Waals surface area contributed by atoms with Crippen molar-refractivity contribution in [3.8, 4) is 5.75 Å². The molecule has 7 heteroatoms. The van der Waals surface area contributed by atoms with Crippen molar-refractivity contribution in [3.63, 3.8) is 0 Å². The maximum absolute atomic E-state index is 12.1. The van der Waals surface area contributed by atoms with Crippen LogP contribution in [-0.2, 0) is 4.79 Å². The summed E-state index contributed by atoms with van der Waals surface area (Å²) in [6.07, 6.45) is -8.30. The number of ether oxygens (including phenoxy) is 1. The molecule has 1 aromatic rings. The number of rotatable bonds is 5. The molecule has 0 saturated heterocycles. The zero-order chi connectivity index (χ0) is 15.3. The van der Waals surface area contributed by atoms with Crippen LogP contribution >= 0.6 is 0 Å². The van der Waals surface area contributed by atoms with Crippen LogP contribution in [0.4, 0.5) is 13.2 Å². The van der Waals surface area contributed by atoms with E-state index in [2.05, 4.69) is 0 Å². The Hall–Kier alpha value is -1.76. The Labute approximate surface area is 114 Å². The maximum atomic E-state index is 12.1. The Kier molecular flexibility index (Phi) is 5.38. The quantitative estimate of drug-likeness (QED) is 0.869. The first-order valence-electron chi connectivity index (χ1n) is 5.96. The van der Waals surface area contributed by atoms with Crippen molar-refractivity contribution in [1.82, 2.24) is 5.32 Å². The first kappa shape index (κ1) is 16.3. The molecule has 4 nitrogen and oxygen atoms in total. The molecule has 0 spiro atoms. The molecule has 1 aromatic carbocycles. The molecular formula is C13H16F3NO3. The summed E-state index contributed by atoms with van der Waals surface area (Å²) in [6, 6.07) is 6.88. The van der Waals surface area contributed by atoms with Gasteiger partial charge in [-0.25, -0.2) is 0 Å². The summed E-state index contributed by atoms with van der Waals surface area (Å²) in [4.78, 5) is 11.5. The van der Waals surface area contributed by atoms with Gasteiger partial charge in [-0.3, -0.25) is 4.79 Å². The summed E-state index contributed by atoms with van der Waals surface area (Å²) in [6.45, 7) is 2.40. The van der Waals surface area contributed by atoms with Gasteiger partial charge in [0.05, 0.1) is 6.54 Å². The summed E-state index contributed by atoms with van der Waals surface area (Å²) < 4.78 is 41.4. The number of benzene rings is 1. The number of aliphatic hydroxyl groups excluding tert-OH is 1. The molecule has 0 fully saturated rings. The van der Waals surface area contributed by atoms with Crippen molar-refractivity contribution < 1.29 is 27.8 Å². The molecule has 2 atom stereocenters. The zero-order valence-electron chi connectivity index (χ0n) is 11.1. The molecule has 2 unspecified atom stereocenters. The number of aryl methyl sites for hydroxylation is 1. The highest BCUT2D eigenvalue weighted by molar-refractivity contribution is 5.80. The van der Waals surface area contributed by atoms with Gasteiger partial charge in [0.2, 0.25) is 0 Å². The minimum Gasteiger partial charge on any atom is -0.481 e. The molecule has 112 valence electrons. The number of carbonyl (C=O) groups is 1. The zero-order valence-corrected chi connectivity index (χ0v) is 11.1. The third kappa shape index (κ3) is 5.08. The topological polar surface area (TPSA) is 58.6 Å². The van der Waals surface area contributed by atoms with E-state index in [1.807, 2.05) is 12.2 Å². The highest BCUT2D eigenvalue weighted by Gasteiger charge is 2.38. The van der Waals surface area contributed by atoms with Gasteiger partial charge in [-0.05, 0) is 26.0 Å². The van der Waals surface area contributed by atoms with E-state index in [-0.39, 0.29) is 0 Å². The molecule has 1 amide bonds. The Bertz CT molecular complexity index is 445. The normalized spacial score (nSPS) is 14.5. The lowest BCUT2D eigenvalue weighted by molar-refractivity contribution is -0.202. The van der Waals surface area contributed by atoms with Crippen molar-refractivity contribution in [2.24, 2.45) is 0 Å². The van der Waals surface area contributed by atoms with Gasteiger partial charge in [-0.1, -0.05) is 17.7 Å². The van der Waals surface area contributed by atoms with E-state index in [1.54, 1.807) is 24.3 Å². The third-order valence-electron chi connectivity index (χ3n) is 2.55. The molecule has 0 aromatic heterocycles. The molecule has 0 aliphatic heterocycles. The van der Waals surface area contributed by atoms with Crippen LogP contribution in [0.1, 0.15) is 12.5 Å². The number of hydrogen-bond acceptors (Lipinski definition) is 3. The predicted molar refractivity (Wildman–Crippen MR) is 66.3 cm³/mol. The second-order valence-corrected chi connectivity index (χ2v) is 4.38. The van der Waals surface area contributed by atoms with Crippen molar-refractivity contribution >= 4 is 5.91 Å². The molecule has 0 bridgehead atoms. The van der Waals surface area contributed by atoms with Crippen LogP contribution in [-0.4, -0.2) is 35.9 Å². The number of amides is 1. The van der Waals surface area contributed by atoms with Crippen LogP contribution in [0.15, 0.2) is 24.3 Å². The summed E-state index contributed by atoms with van der Waals surface area (Å²) in [5.74, 6) is -0.288. The van der Waals surface area contributed by atoms with Crippen LogP contribution in [0.25, 0.3) is 0 Å². The van der Waals surface area contributed by atoms with Crippen LogP contribution in [0.5, 0.6) is 5.75 Å². The van der Waals surface area contributed by atoms with Crippen LogP contribution in [0.3, 0.4) is 0 Å². The SMILES string of the molecule is Cc1ccc(OC(C)C(=O)NCC(O)C(F)(F)F)cc1. The van der Waals surface area contributed by atoms with E-state index in [1.165, 1.54) is 6.92 Å².